The SMILES string of the molecule is CN=C(NCCCOC1CCOC1)NCC(C)N1CCc2ccccc2C1. The van der Waals surface area contributed by atoms with Crippen molar-refractivity contribution in [2.24, 2.45) is 4.99 Å². The van der Waals surface area contributed by atoms with E-state index in [1.165, 1.54) is 11.1 Å². The van der Waals surface area contributed by atoms with Crippen molar-refractivity contribution in [2.45, 2.75) is 44.9 Å². The summed E-state index contributed by atoms with van der Waals surface area (Å²) in [7, 11) is 1.82. The van der Waals surface area contributed by atoms with Gasteiger partial charge >= 0.3 is 0 Å². The number of ether oxygens (including phenoxy) is 2. The van der Waals surface area contributed by atoms with Crippen LogP contribution in [0.15, 0.2) is 29.3 Å². The second-order valence-corrected chi connectivity index (χ2v) is 7.43. The van der Waals surface area contributed by atoms with Gasteiger partial charge in [0.1, 0.15) is 0 Å². The Kier molecular flexibility index (Phi) is 7.93. The van der Waals surface area contributed by atoms with E-state index in [2.05, 4.69) is 51.7 Å². The number of nitrogens with zero attached hydrogens (tertiary/aromatic N) is 2. The normalized spacial score (nSPS) is 21.7. The molecule has 27 heavy (non-hydrogen) atoms. The molecule has 0 bridgehead atoms. The molecule has 1 fully saturated rings. The Bertz CT molecular complexity index is 602. The molecular formula is C21H34N4O2. The minimum Gasteiger partial charge on any atom is -0.379 e. The van der Waals surface area contributed by atoms with Crippen molar-refractivity contribution < 1.29 is 9.47 Å². The first-order chi connectivity index (χ1) is 13.3. The van der Waals surface area contributed by atoms with Gasteiger partial charge in [-0.25, -0.2) is 0 Å². The molecule has 2 N–H and O–H groups in total. The van der Waals surface area contributed by atoms with Crippen LogP contribution >= 0.6 is 0 Å². The number of nitrogens with one attached hydrogen (secondary N) is 2. The van der Waals surface area contributed by atoms with E-state index in [9.17, 15) is 0 Å². The Hall–Kier alpha value is -1.63. The molecule has 0 amide bonds. The van der Waals surface area contributed by atoms with E-state index in [0.717, 1.165) is 71.2 Å². The van der Waals surface area contributed by atoms with E-state index >= 15 is 0 Å². The van der Waals surface area contributed by atoms with Crippen LogP contribution in [0, 0.1) is 0 Å². The van der Waals surface area contributed by atoms with Crippen molar-refractivity contribution in [3.63, 3.8) is 0 Å². The maximum Gasteiger partial charge on any atom is 0.191 e. The largest absolute Gasteiger partial charge is 0.379 e. The molecule has 6 nitrogen and oxygen atoms in total. The molecule has 2 aliphatic rings. The van der Waals surface area contributed by atoms with Crippen LogP contribution in [0.2, 0.25) is 0 Å². The van der Waals surface area contributed by atoms with Gasteiger partial charge in [0.2, 0.25) is 0 Å². The molecule has 2 aliphatic heterocycles. The summed E-state index contributed by atoms with van der Waals surface area (Å²) in [4.78, 5) is 6.87. The first-order valence-electron chi connectivity index (χ1n) is 10.2. The average Bonchev–Trinajstić information content (AvgIpc) is 3.23. The van der Waals surface area contributed by atoms with Crippen LogP contribution < -0.4 is 10.6 Å². The highest BCUT2D eigenvalue weighted by Gasteiger charge is 2.20. The van der Waals surface area contributed by atoms with Crippen LogP contribution in [0.3, 0.4) is 0 Å². The highest BCUT2D eigenvalue weighted by Crippen LogP contribution is 2.19. The van der Waals surface area contributed by atoms with E-state index in [1.54, 1.807) is 0 Å². The fourth-order valence-corrected chi connectivity index (χ4v) is 3.66. The van der Waals surface area contributed by atoms with E-state index in [0.29, 0.717) is 6.04 Å². The topological polar surface area (TPSA) is 58.1 Å². The maximum atomic E-state index is 5.79. The first-order valence-corrected chi connectivity index (χ1v) is 10.2. The predicted molar refractivity (Wildman–Crippen MR) is 109 cm³/mol. The third-order valence-corrected chi connectivity index (χ3v) is 5.43. The molecule has 1 aromatic rings. The molecule has 150 valence electrons. The van der Waals surface area contributed by atoms with Gasteiger partial charge in [-0.05, 0) is 37.3 Å². The van der Waals surface area contributed by atoms with E-state index < -0.39 is 0 Å². The van der Waals surface area contributed by atoms with Crippen molar-refractivity contribution in [3.8, 4) is 0 Å². The molecule has 1 aromatic carbocycles. The van der Waals surface area contributed by atoms with Crippen molar-refractivity contribution in [2.75, 3.05) is 46.5 Å². The second-order valence-electron chi connectivity index (χ2n) is 7.43. The van der Waals surface area contributed by atoms with Gasteiger partial charge in [0.05, 0.1) is 12.7 Å². The number of hydrogen-bond donors (Lipinski definition) is 2. The summed E-state index contributed by atoms with van der Waals surface area (Å²) < 4.78 is 11.1. The van der Waals surface area contributed by atoms with E-state index in [1.807, 2.05) is 7.05 Å². The quantitative estimate of drug-likeness (QED) is 0.413. The van der Waals surface area contributed by atoms with Crippen LogP contribution in [0.4, 0.5) is 0 Å². The molecule has 6 heteroatoms. The van der Waals surface area contributed by atoms with Crippen LogP contribution in [-0.4, -0.2) is 69.5 Å². The molecule has 2 unspecified atom stereocenters. The lowest BCUT2D eigenvalue weighted by molar-refractivity contribution is 0.0420. The van der Waals surface area contributed by atoms with Crippen molar-refractivity contribution >= 4 is 5.96 Å². The number of aliphatic imine (C=N–C) groups is 1. The van der Waals surface area contributed by atoms with Crippen LogP contribution in [0.1, 0.15) is 30.9 Å². The zero-order chi connectivity index (χ0) is 18.9. The Morgan fingerprint density at radius 2 is 2.19 bits per heavy atom. The lowest BCUT2D eigenvalue weighted by atomic mass is 9.99. The zero-order valence-corrected chi connectivity index (χ0v) is 16.7. The van der Waals surface area contributed by atoms with Gasteiger partial charge < -0.3 is 20.1 Å². The standard InChI is InChI=1S/C21H34N4O2/c1-17(25-11-8-18-6-3-4-7-19(18)15-25)14-24-21(22-2)23-10-5-12-27-20-9-13-26-16-20/h3-4,6-7,17,20H,5,8-16H2,1-2H3,(H2,22,23,24). The summed E-state index contributed by atoms with van der Waals surface area (Å²) in [5.41, 5.74) is 2.96. The zero-order valence-electron chi connectivity index (χ0n) is 16.7. The Morgan fingerprint density at radius 1 is 1.33 bits per heavy atom. The number of rotatable bonds is 8. The number of benzene rings is 1. The van der Waals surface area contributed by atoms with Crippen molar-refractivity contribution in [1.29, 1.82) is 0 Å². The van der Waals surface area contributed by atoms with Gasteiger partial charge in [0.15, 0.2) is 5.96 Å². The van der Waals surface area contributed by atoms with E-state index in [-0.39, 0.29) is 6.10 Å². The fourth-order valence-electron chi connectivity index (χ4n) is 3.66. The van der Waals surface area contributed by atoms with Gasteiger partial charge in [-0.3, -0.25) is 9.89 Å². The maximum absolute atomic E-state index is 5.79. The number of hydrogen-bond acceptors (Lipinski definition) is 4. The Morgan fingerprint density at radius 3 is 2.96 bits per heavy atom. The third-order valence-electron chi connectivity index (χ3n) is 5.43. The third kappa shape index (κ3) is 6.19. The highest BCUT2D eigenvalue weighted by atomic mass is 16.5. The molecule has 0 aliphatic carbocycles. The monoisotopic (exact) mass is 374 g/mol. The van der Waals surface area contributed by atoms with Gasteiger partial charge in [0, 0.05) is 52.5 Å². The Balaban J connectivity index is 1.31. The first kappa shape index (κ1) is 20.1. The minimum atomic E-state index is 0.290. The summed E-state index contributed by atoms with van der Waals surface area (Å²) in [6.07, 6.45) is 3.42. The summed E-state index contributed by atoms with van der Waals surface area (Å²) in [6, 6.07) is 9.25. The predicted octanol–water partition coefficient (Wildman–Crippen LogP) is 1.79. The van der Waals surface area contributed by atoms with Crippen molar-refractivity contribution in [3.05, 3.63) is 35.4 Å². The average molecular weight is 375 g/mol. The van der Waals surface area contributed by atoms with Gasteiger partial charge in [-0.2, -0.15) is 0 Å². The minimum absolute atomic E-state index is 0.290. The molecular weight excluding hydrogens is 340 g/mol. The molecule has 0 spiro atoms. The molecule has 2 atom stereocenters. The van der Waals surface area contributed by atoms with E-state index in [4.69, 9.17) is 9.47 Å². The molecule has 1 saturated heterocycles. The fraction of sp³-hybridized carbons (Fsp3) is 0.667. The summed E-state index contributed by atoms with van der Waals surface area (Å²) in [6.45, 7) is 8.53. The summed E-state index contributed by atoms with van der Waals surface area (Å²) >= 11 is 0. The Labute approximate surface area is 163 Å². The van der Waals surface area contributed by atoms with Gasteiger partial charge in [-0.15, -0.1) is 0 Å². The molecule has 0 saturated carbocycles. The lowest BCUT2D eigenvalue weighted by Gasteiger charge is -2.34. The van der Waals surface area contributed by atoms with Crippen molar-refractivity contribution in [1.82, 2.24) is 15.5 Å². The lowest BCUT2D eigenvalue weighted by Crippen LogP contribution is -2.47. The van der Waals surface area contributed by atoms with Crippen LogP contribution in [-0.2, 0) is 22.4 Å². The number of guanidine groups is 1. The number of fused-ring (bicyclic) bond motifs is 1. The molecule has 3 rings (SSSR count). The van der Waals surface area contributed by atoms with Crippen LogP contribution in [0.25, 0.3) is 0 Å². The van der Waals surface area contributed by atoms with Gasteiger partial charge in [0.25, 0.3) is 0 Å². The summed E-state index contributed by atoms with van der Waals surface area (Å²) in [5, 5.41) is 6.84. The molecule has 0 radical (unpaired) electrons. The second kappa shape index (κ2) is 10.6. The highest BCUT2D eigenvalue weighted by molar-refractivity contribution is 5.79. The van der Waals surface area contributed by atoms with Crippen LogP contribution in [0.5, 0.6) is 0 Å². The molecule has 2 heterocycles. The molecule has 0 aromatic heterocycles. The van der Waals surface area contributed by atoms with Gasteiger partial charge in [-0.1, -0.05) is 24.3 Å². The summed E-state index contributed by atoms with van der Waals surface area (Å²) in [5.74, 6) is 0.864. The smallest absolute Gasteiger partial charge is 0.191 e.